The van der Waals surface area contributed by atoms with Crippen LogP contribution in [0.2, 0.25) is 0 Å². The summed E-state index contributed by atoms with van der Waals surface area (Å²) < 4.78 is 11.9. The molecule has 0 N–H and O–H groups in total. The van der Waals surface area contributed by atoms with Gasteiger partial charge in [-0.1, -0.05) is 62.8 Å². The standard InChI is InChI=1S/C24H26O4/c25-23-17-11-7-8-12-18(17)24(26)22-20-14-13-19(21(22)23)27-15-9-5-3-1-2-4-6-10-16-28-20/h7-8,11-14H,1-6,9-10,15-16H2. The molecule has 0 radical (unpaired) electrons. The van der Waals surface area contributed by atoms with Crippen LogP contribution in [0.5, 0.6) is 11.5 Å². The van der Waals surface area contributed by atoms with E-state index in [4.69, 9.17) is 9.47 Å². The van der Waals surface area contributed by atoms with E-state index >= 15 is 0 Å². The van der Waals surface area contributed by atoms with Crippen molar-refractivity contribution in [3.63, 3.8) is 0 Å². The fourth-order valence-corrected chi connectivity index (χ4v) is 4.03. The smallest absolute Gasteiger partial charge is 0.198 e. The largest absolute Gasteiger partial charge is 0.493 e. The molecule has 4 heteroatoms. The lowest BCUT2D eigenvalue weighted by Crippen LogP contribution is -2.23. The van der Waals surface area contributed by atoms with Crippen molar-refractivity contribution in [2.45, 2.75) is 51.4 Å². The maximum Gasteiger partial charge on any atom is 0.198 e. The second-order valence-corrected chi connectivity index (χ2v) is 7.54. The van der Waals surface area contributed by atoms with Gasteiger partial charge >= 0.3 is 0 Å². The van der Waals surface area contributed by atoms with Crippen molar-refractivity contribution in [1.29, 1.82) is 0 Å². The third-order valence-electron chi connectivity index (χ3n) is 5.55. The summed E-state index contributed by atoms with van der Waals surface area (Å²) in [5.74, 6) is 0.656. The Morgan fingerprint density at radius 3 is 1.36 bits per heavy atom. The van der Waals surface area contributed by atoms with E-state index in [0.29, 0.717) is 47.0 Å². The number of fused-ring (bicyclic) bond motifs is 7. The number of hydrogen-bond donors (Lipinski definition) is 0. The Labute approximate surface area is 165 Å². The van der Waals surface area contributed by atoms with Crippen LogP contribution in [0.4, 0.5) is 0 Å². The van der Waals surface area contributed by atoms with E-state index < -0.39 is 0 Å². The lowest BCUT2D eigenvalue weighted by Gasteiger charge is -2.23. The van der Waals surface area contributed by atoms with Crippen molar-refractivity contribution in [3.8, 4) is 11.5 Å². The Bertz CT molecular complexity index is 812. The number of ether oxygens (including phenoxy) is 2. The second kappa shape index (κ2) is 8.59. The maximum absolute atomic E-state index is 13.2. The van der Waals surface area contributed by atoms with E-state index in [1.165, 1.54) is 25.7 Å². The summed E-state index contributed by atoms with van der Waals surface area (Å²) in [5.41, 5.74) is 1.59. The summed E-state index contributed by atoms with van der Waals surface area (Å²) in [7, 11) is 0. The summed E-state index contributed by atoms with van der Waals surface area (Å²) in [5, 5.41) is 0. The zero-order chi connectivity index (χ0) is 19.3. The maximum atomic E-state index is 13.2. The predicted molar refractivity (Wildman–Crippen MR) is 108 cm³/mol. The van der Waals surface area contributed by atoms with Gasteiger partial charge in [-0.25, -0.2) is 0 Å². The van der Waals surface area contributed by atoms with Gasteiger partial charge < -0.3 is 9.47 Å². The molecule has 0 fully saturated rings. The van der Waals surface area contributed by atoms with E-state index in [0.717, 1.165) is 25.7 Å². The van der Waals surface area contributed by atoms with Gasteiger partial charge in [0.25, 0.3) is 0 Å². The first kappa shape index (κ1) is 18.7. The molecule has 1 aliphatic heterocycles. The lowest BCUT2D eigenvalue weighted by atomic mass is 9.83. The van der Waals surface area contributed by atoms with Gasteiger partial charge in [-0.3, -0.25) is 9.59 Å². The van der Waals surface area contributed by atoms with Gasteiger partial charge in [0.1, 0.15) is 11.5 Å². The minimum Gasteiger partial charge on any atom is -0.493 e. The molecule has 0 aromatic heterocycles. The van der Waals surface area contributed by atoms with Crippen LogP contribution in [0.15, 0.2) is 36.4 Å². The van der Waals surface area contributed by atoms with Crippen molar-refractivity contribution in [2.24, 2.45) is 0 Å². The van der Waals surface area contributed by atoms with Gasteiger partial charge in [0.05, 0.1) is 24.3 Å². The van der Waals surface area contributed by atoms with Crippen molar-refractivity contribution in [1.82, 2.24) is 0 Å². The van der Waals surface area contributed by atoms with Crippen LogP contribution in [0.1, 0.15) is 83.2 Å². The van der Waals surface area contributed by atoms with Crippen molar-refractivity contribution >= 4 is 11.6 Å². The zero-order valence-corrected chi connectivity index (χ0v) is 16.2. The highest BCUT2D eigenvalue weighted by atomic mass is 16.5. The third-order valence-corrected chi connectivity index (χ3v) is 5.55. The first-order chi connectivity index (χ1) is 13.8. The van der Waals surface area contributed by atoms with E-state index in [1.807, 2.05) is 0 Å². The highest BCUT2D eigenvalue weighted by Gasteiger charge is 2.35. The third kappa shape index (κ3) is 3.68. The van der Waals surface area contributed by atoms with Gasteiger partial charge in [0, 0.05) is 11.1 Å². The number of rotatable bonds is 0. The Kier molecular flexibility index (Phi) is 5.75. The first-order valence-electron chi connectivity index (χ1n) is 10.4. The topological polar surface area (TPSA) is 52.6 Å². The molecule has 0 unspecified atom stereocenters. The fraction of sp³-hybridized carbons (Fsp3) is 0.417. The minimum atomic E-state index is -0.160. The monoisotopic (exact) mass is 378 g/mol. The van der Waals surface area contributed by atoms with Gasteiger partial charge in [-0.2, -0.15) is 0 Å². The first-order valence-corrected chi connectivity index (χ1v) is 10.4. The fourth-order valence-electron chi connectivity index (χ4n) is 4.03. The minimum absolute atomic E-state index is 0.160. The molecule has 0 spiro atoms. The normalized spacial score (nSPS) is 18.0. The summed E-state index contributed by atoms with van der Waals surface area (Å²) in [4.78, 5) is 26.4. The molecule has 4 rings (SSSR count). The zero-order valence-electron chi connectivity index (χ0n) is 16.2. The Balaban J connectivity index is 1.73. The van der Waals surface area contributed by atoms with Crippen LogP contribution >= 0.6 is 0 Å². The van der Waals surface area contributed by atoms with Crippen molar-refractivity contribution in [3.05, 3.63) is 58.7 Å². The van der Waals surface area contributed by atoms with Gasteiger partial charge in [-0.05, 0) is 25.0 Å². The van der Waals surface area contributed by atoms with E-state index in [-0.39, 0.29) is 11.6 Å². The van der Waals surface area contributed by atoms with Crippen LogP contribution < -0.4 is 9.47 Å². The lowest BCUT2D eigenvalue weighted by molar-refractivity contribution is 0.0971. The molecule has 2 aliphatic rings. The molecule has 0 saturated carbocycles. The average Bonchev–Trinajstić information content (AvgIpc) is 2.72. The Morgan fingerprint density at radius 1 is 0.536 bits per heavy atom. The Hall–Kier alpha value is -2.62. The van der Waals surface area contributed by atoms with Crippen LogP contribution in [0.25, 0.3) is 0 Å². The number of carbonyl (C=O) groups excluding carboxylic acids is 2. The average molecular weight is 378 g/mol. The van der Waals surface area contributed by atoms with Crippen LogP contribution in [0.3, 0.4) is 0 Å². The number of benzene rings is 2. The molecular formula is C24H26O4. The quantitative estimate of drug-likeness (QED) is 0.529. The number of carbonyl (C=O) groups is 2. The van der Waals surface area contributed by atoms with Gasteiger partial charge in [-0.15, -0.1) is 0 Å². The summed E-state index contributed by atoms with van der Waals surface area (Å²) in [6.07, 6.45) is 9.08. The molecule has 4 nitrogen and oxygen atoms in total. The summed E-state index contributed by atoms with van der Waals surface area (Å²) in [6, 6.07) is 10.5. The molecule has 2 bridgehead atoms. The Morgan fingerprint density at radius 2 is 0.929 bits per heavy atom. The predicted octanol–water partition coefficient (Wildman–Crippen LogP) is 5.35. The van der Waals surface area contributed by atoms with E-state index in [1.54, 1.807) is 36.4 Å². The molecule has 28 heavy (non-hydrogen) atoms. The second-order valence-electron chi connectivity index (χ2n) is 7.54. The molecule has 1 aliphatic carbocycles. The van der Waals surface area contributed by atoms with Crippen molar-refractivity contribution < 1.29 is 19.1 Å². The molecule has 1 heterocycles. The summed E-state index contributed by atoms with van der Waals surface area (Å²) >= 11 is 0. The SMILES string of the molecule is O=C1c2ccccc2C(=O)c2c3ccc(c21)OCCCCCCCCCCO3. The molecule has 146 valence electrons. The highest BCUT2D eigenvalue weighted by Crippen LogP contribution is 2.38. The van der Waals surface area contributed by atoms with E-state index in [9.17, 15) is 9.59 Å². The number of hydrogen-bond acceptors (Lipinski definition) is 4. The molecule has 2 aromatic rings. The van der Waals surface area contributed by atoms with Crippen LogP contribution in [-0.2, 0) is 0 Å². The van der Waals surface area contributed by atoms with Crippen LogP contribution in [0, 0.1) is 0 Å². The van der Waals surface area contributed by atoms with Gasteiger partial charge in [0.15, 0.2) is 11.6 Å². The molecule has 0 saturated heterocycles. The highest BCUT2D eigenvalue weighted by molar-refractivity contribution is 6.30. The summed E-state index contributed by atoms with van der Waals surface area (Å²) in [6.45, 7) is 1.10. The molecular weight excluding hydrogens is 352 g/mol. The molecule has 2 aromatic carbocycles. The molecule has 0 amide bonds. The van der Waals surface area contributed by atoms with Crippen LogP contribution in [-0.4, -0.2) is 24.8 Å². The van der Waals surface area contributed by atoms with Gasteiger partial charge in [0.2, 0.25) is 0 Å². The number of ketones is 2. The van der Waals surface area contributed by atoms with E-state index in [2.05, 4.69) is 0 Å². The molecule has 0 atom stereocenters. The van der Waals surface area contributed by atoms with Crippen molar-refractivity contribution in [2.75, 3.05) is 13.2 Å².